The molecule has 0 saturated carbocycles. The summed E-state index contributed by atoms with van der Waals surface area (Å²) in [7, 11) is -3.81. The summed E-state index contributed by atoms with van der Waals surface area (Å²) in [6, 6.07) is 0. The van der Waals surface area contributed by atoms with Gasteiger partial charge in [0, 0.05) is 0 Å². The number of hydrogen-bond acceptors (Lipinski definition) is 2. The lowest BCUT2D eigenvalue weighted by atomic mass is 10.1. The minimum atomic E-state index is -3.81. The van der Waals surface area contributed by atoms with Gasteiger partial charge in [0.1, 0.15) is 0 Å². The van der Waals surface area contributed by atoms with Crippen molar-refractivity contribution in [3.63, 3.8) is 0 Å². The van der Waals surface area contributed by atoms with Crippen molar-refractivity contribution in [2.24, 2.45) is 0 Å². The smallest absolute Gasteiger partial charge is 0.267 e. The summed E-state index contributed by atoms with van der Waals surface area (Å²) < 4.78 is 30.7. The Balaban J connectivity index is 3.57. The molecule has 0 amide bonds. The van der Waals surface area contributed by atoms with E-state index >= 15 is 0 Å². The van der Waals surface area contributed by atoms with Crippen LogP contribution < -0.4 is 0 Å². The van der Waals surface area contributed by atoms with Crippen LogP contribution in [-0.2, 0) is 10.1 Å². The van der Waals surface area contributed by atoms with E-state index in [2.05, 4.69) is 6.92 Å². The summed E-state index contributed by atoms with van der Waals surface area (Å²) in [5.41, 5.74) is 0. The molecular weight excluding hydrogens is 212 g/mol. The zero-order valence-corrected chi connectivity index (χ0v) is 10.7. The summed E-state index contributed by atoms with van der Waals surface area (Å²) in [5.74, 6) is 0. The van der Waals surface area contributed by atoms with Crippen LogP contribution in [0.1, 0.15) is 65.2 Å². The maximum Gasteiger partial charge on any atom is 0.267 e. The van der Waals surface area contributed by atoms with Crippen molar-refractivity contribution >= 4 is 10.1 Å². The van der Waals surface area contributed by atoms with E-state index in [1.807, 2.05) is 0 Å². The average Bonchev–Trinajstić information content (AvgIpc) is 2.15. The lowest BCUT2D eigenvalue weighted by Gasteiger charge is -2.10. The maximum atomic E-state index is 10.9. The largest absolute Gasteiger partial charge is 0.285 e. The number of unbranched alkanes of at least 4 members (excludes halogenated alkanes) is 5. The molecule has 0 bridgehead atoms. The fourth-order valence-electron chi connectivity index (χ4n) is 1.72. The lowest BCUT2D eigenvalue weighted by molar-refractivity contribution is 0.453. The molecule has 1 N–H and O–H groups in total. The first kappa shape index (κ1) is 14.9. The third kappa shape index (κ3) is 7.79. The van der Waals surface area contributed by atoms with Crippen molar-refractivity contribution in [2.45, 2.75) is 70.5 Å². The second-order valence-corrected chi connectivity index (χ2v) is 5.80. The van der Waals surface area contributed by atoms with Crippen LogP contribution in [0.25, 0.3) is 0 Å². The normalized spacial score (nSPS) is 14.1. The molecule has 0 radical (unpaired) electrons. The molecule has 3 nitrogen and oxygen atoms in total. The molecule has 1 unspecified atom stereocenters. The molecule has 0 rings (SSSR count). The molecule has 1 atom stereocenters. The van der Waals surface area contributed by atoms with Crippen LogP contribution in [0.3, 0.4) is 0 Å². The Morgan fingerprint density at radius 2 is 1.53 bits per heavy atom. The molecule has 0 fully saturated rings. The molecule has 0 aromatic carbocycles. The highest BCUT2D eigenvalue weighted by Crippen LogP contribution is 2.14. The monoisotopic (exact) mass is 236 g/mol. The quantitative estimate of drug-likeness (QED) is 0.493. The first-order valence-corrected chi connectivity index (χ1v) is 7.49. The zero-order chi connectivity index (χ0) is 11.7. The summed E-state index contributed by atoms with van der Waals surface area (Å²) in [6.45, 7) is 3.97. The fourth-order valence-corrected chi connectivity index (χ4v) is 2.60. The first-order chi connectivity index (χ1) is 7.02. The topological polar surface area (TPSA) is 54.4 Å². The molecule has 0 spiro atoms. The predicted octanol–water partition coefficient (Wildman–Crippen LogP) is 3.40. The van der Waals surface area contributed by atoms with Gasteiger partial charge in [-0.15, -0.1) is 0 Å². The Bertz CT molecular complexity index is 234. The molecule has 0 aliphatic rings. The van der Waals surface area contributed by atoms with Gasteiger partial charge in [-0.2, -0.15) is 8.42 Å². The molecular formula is C11H24O3S. The van der Waals surface area contributed by atoms with Gasteiger partial charge in [0.25, 0.3) is 10.1 Å². The Hall–Kier alpha value is -0.0900. The van der Waals surface area contributed by atoms with Gasteiger partial charge in [0.2, 0.25) is 0 Å². The van der Waals surface area contributed by atoms with E-state index in [9.17, 15) is 8.42 Å². The standard InChI is InChI=1S/C11H24O3S/c1-3-5-6-7-8-9-10-11(4-2)15(12,13)14/h11H,3-10H2,1-2H3,(H,12,13,14). The van der Waals surface area contributed by atoms with E-state index in [-0.39, 0.29) is 0 Å². The van der Waals surface area contributed by atoms with Crippen LogP contribution in [0.5, 0.6) is 0 Å². The Morgan fingerprint density at radius 3 is 2.00 bits per heavy atom. The van der Waals surface area contributed by atoms with Crippen LogP contribution >= 0.6 is 0 Å². The summed E-state index contributed by atoms with van der Waals surface area (Å²) in [6.07, 6.45) is 7.98. The van der Waals surface area contributed by atoms with Crippen molar-refractivity contribution in [1.82, 2.24) is 0 Å². The second kappa shape index (κ2) is 8.11. The molecule has 0 heterocycles. The lowest BCUT2D eigenvalue weighted by Crippen LogP contribution is -2.19. The summed E-state index contributed by atoms with van der Waals surface area (Å²) in [4.78, 5) is 0. The van der Waals surface area contributed by atoms with E-state index in [0.717, 1.165) is 12.8 Å². The Kier molecular flexibility index (Phi) is 8.06. The van der Waals surface area contributed by atoms with Crippen molar-refractivity contribution in [2.75, 3.05) is 0 Å². The molecule has 0 saturated heterocycles. The van der Waals surface area contributed by atoms with Crippen LogP contribution in [0.2, 0.25) is 0 Å². The zero-order valence-electron chi connectivity index (χ0n) is 9.91. The van der Waals surface area contributed by atoms with Crippen LogP contribution in [0.4, 0.5) is 0 Å². The minimum Gasteiger partial charge on any atom is -0.285 e. The Morgan fingerprint density at radius 1 is 1.00 bits per heavy atom. The van der Waals surface area contributed by atoms with Crippen LogP contribution in [0.15, 0.2) is 0 Å². The molecule has 0 aromatic rings. The van der Waals surface area contributed by atoms with Crippen LogP contribution in [-0.4, -0.2) is 18.2 Å². The van der Waals surface area contributed by atoms with E-state index < -0.39 is 15.4 Å². The van der Waals surface area contributed by atoms with E-state index in [1.54, 1.807) is 6.92 Å². The van der Waals surface area contributed by atoms with Crippen molar-refractivity contribution in [3.05, 3.63) is 0 Å². The SMILES string of the molecule is CCCCCCCCC(CC)S(=O)(=O)O. The number of hydrogen-bond donors (Lipinski definition) is 1. The highest BCUT2D eigenvalue weighted by molar-refractivity contribution is 7.86. The van der Waals surface area contributed by atoms with E-state index in [4.69, 9.17) is 4.55 Å². The minimum absolute atomic E-state index is 0.508. The van der Waals surface area contributed by atoms with Gasteiger partial charge in [-0.3, -0.25) is 4.55 Å². The summed E-state index contributed by atoms with van der Waals surface area (Å²) >= 11 is 0. The van der Waals surface area contributed by atoms with Crippen LogP contribution in [0, 0.1) is 0 Å². The Labute approximate surface area is 94.0 Å². The van der Waals surface area contributed by atoms with Crippen molar-refractivity contribution in [1.29, 1.82) is 0 Å². The third-order valence-corrected chi connectivity index (χ3v) is 4.17. The fraction of sp³-hybridized carbons (Fsp3) is 1.00. The van der Waals surface area contributed by atoms with Crippen molar-refractivity contribution in [3.8, 4) is 0 Å². The van der Waals surface area contributed by atoms with Gasteiger partial charge < -0.3 is 0 Å². The van der Waals surface area contributed by atoms with Gasteiger partial charge in [0.05, 0.1) is 5.25 Å². The predicted molar refractivity (Wildman–Crippen MR) is 63.6 cm³/mol. The van der Waals surface area contributed by atoms with E-state index in [1.165, 1.54) is 25.7 Å². The van der Waals surface area contributed by atoms with Gasteiger partial charge in [-0.25, -0.2) is 0 Å². The third-order valence-electron chi connectivity index (χ3n) is 2.76. The molecule has 0 aliphatic carbocycles. The second-order valence-electron chi connectivity index (χ2n) is 4.10. The number of rotatable bonds is 9. The molecule has 0 aromatic heterocycles. The van der Waals surface area contributed by atoms with Crippen molar-refractivity contribution < 1.29 is 13.0 Å². The highest BCUT2D eigenvalue weighted by Gasteiger charge is 2.19. The van der Waals surface area contributed by atoms with Gasteiger partial charge in [-0.05, 0) is 12.8 Å². The van der Waals surface area contributed by atoms with Gasteiger partial charge >= 0.3 is 0 Å². The molecule has 4 heteroatoms. The summed E-state index contributed by atoms with van der Waals surface area (Å²) in [5, 5.41) is -0.552. The molecule has 0 aliphatic heterocycles. The highest BCUT2D eigenvalue weighted by atomic mass is 32.2. The maximum absolute atomic E-state index is 10.9. The molecule has 15 heavy (non-hydrogen) atoms. The molecule has 92 valence electrons. The van der Waals surface area contributed by atoms with E-state index in [0.29, 0.717) is 12.8 Å². The van der Waals surface area contributed by atoms with Gasteiger partial charge in [-0.1, -0.05) is 52.4 Å². The average molecular weight is 236 g/mol. The van der Waals surface area contributed by atoms with Gasteiger partial charge in [0.15, 0.2) is 0 Å². The first-order valence-electron chi connectivity index (χ1n) is 5.98.